The number of thiophene rings is 1. The number of rotatable bonds is 10. The maximum absolute atomic E-state index is 4.73. The molecule has 13 rings (SSSR count). The number of hydrogen-bond acceptors (Lipinski definition) is 5. The summed E-state index contributed by atoms with van der Waals surface area (Å²) in [6.07, 6.45) is 0. The molecule has 0 aliphatic carbocycles. The molecule has 0 fully saturated rings. The molecular formula is C64H43N5S. The van der Waals surface area contributed by atoms with Crippen LogP contribution in [0, 0.1) is 0 Å². The maximum Gasteiger partial charge on any atom is 0.113 e. The molecule has 0 unspecified atom stereocenters. The van der Waals surface area contributed by atoms with Crippen molar-refractivity contribution in [2.75, 3.05) is 9.80 Å². The predicted octanol–water partition coefficient (Wildman–Crippen LogP) is 17.9. The third-order valence-electron chi connectivity index (χ3n) is 13.2. The third kappa shape index (κ3) is 7.35. The molecule has 0 saturated heterocycles. The van der Waals surface area contributed by atoms with Crippen LogP contribution in [0.4, 0.5) is 34.1 Å². The van der Waals surface area contributed by atoms with E-state index in [1.165, 1.54) is 53.2 Å². The van der Waals surface area contributed by atoms with E-state index in [0.29, 0.717) is 0 Å². The Morgan fingerprint density at radius 2 is 0.757 bits per heavy atom. The van der Waals surface area contributed by atoms with Crippen LogP contribution >= 0.6 is 11.3 Å². The van der Waals surface area contributed by atoms with Crippen molar-refractivity contribution in [1.82, 2.24) is 15.0 Å². The first kappa shape index (κ1) is 41.1. The van der Waals surface area contributed by atoms with E-state index in [1.54, 1.807) is 4.80 Å². The Labute approximate surface area is 410 Å². The van der Waals surface area contributed by atoms with Crippen LogP contribution < -0.4 is 9.80 Å². The molecular weight excluding hydrogens is 871 g/mol. The van der Waals surface area contributed by atoms with E-state index >= 15 is 0 Å². The number of hydrogen-bond donors (Lipinski definition) is 0. The average Bonchev–Trinajstić information content (AvgIpc) is 4.04. The monoisotopic (exact) mass is 913 g/mol. The van der Waals surface area contributed by atoms with E-state index in [0.717, 1.165) is 62.0 Å². The van der Waals surface area contributed by atoms with Gasteiger partial charge in [-0.15, -0.1) is 21.5 Å². The summed E-state index contributed by atoms with van der Waals surface area (Å²) in [5.74, 6) is 0. The molecule has 0 N–H and O–H groups in total. The normalized spacial score (nSPS) is 11.4. The Bertz CT molecular complexity index is 3910. The predicted molar refractivity (Wildman–Crippen MR) is 295 cm³/mol. The second kappa shape index (κ2) is 17.5. The van der Waals surface area contributed by atoms with Gasteiger partial charge in [-0.1, -0.05) is 158 Å². The summed E-state index contributed by atoms with van der Waals surface area (Å²) in [6.45, 7) is 0. The van der Waals surface area contributed by atoms with Gasteiger partial charge in [-0.05, 0) is 142 Å². The summed E-state index contributed by atoms with van der Waals surface area (Å²) in [5.41, 5.74) is 16.4. The van der Waals surface area contributed by atoms with Crippen molar-refractivity contribution in [2.24, 2.45) is 0 Å². The van der Waals surface area contributed by atoms with Crippen LogP contribution in [0.15, 0.2) is 261 Å². The Hall–Kier alpha value is -9.10. The quantitative estimate of drug-likeness (QED) is 0.137. The molecule has 0 aliphatic heterocycles. The van der Waals surface area contributed by atoms with Crippen molar-refractivity contribution < 1.29 is 0 Å². The number of aromatic nitrogens is 3. The Morgan fingerprint density at radius 1 is 0.314 bits per heavy atom. The lowest BCUT2D eigenvalue weighted by atomic mass is 9.87. The minimum Gasteiger partial charge on any atom is -0.310 e. The lowest BCUT2D eigenvalue weighted by Crippen LogP contribution is -2.10. The average molecular weight is 914 g/mol. The van der Waals surface area contributed by atoms with E-state index in [9.17, 15) is 0 Å². The molecule has 2 heterocycles. The molecule has 0 spiro atoms. The molecule has 0 atom stereocenters. The molecule has 0 aliphatic rings. The SMILES string of the molecule is c1ccc(-c2c3cc(N(c4ccccc4)c4ccccc4)ccc3c(-c3ccccc3)c3c2sc2cc(-c4cccc(N(c5ccccc5)c5ccc(-n6nc7ccccc7n6)cc5)c4)ccc23)cc1. The topological polar surface area (TPSA) is 37.2 Å². The fraction of sp³-hybridized carbons (Fsp3) is 0. The van der Waals surface area contributed by atoms with Gasteiger partial charge < -0.3 is 9.80 Å². The van der Waals surface area contributed by atoms with Crippen molar-refractivity contribution in [2.45, 2.75) is 0 Å². The lowest BCUT2D eigenvalue weighted by molar-refractivity contribution is 0.766. The fourth-order valence-corrected chi connectivity index (χ4v) is 11.3. The Morgan fingerprint density at radius 3 is 1.34 bits per heavy atom. The van der Waals surface area contributed by atoms with Gasteiger partial charge in [0.1, 0.15) is 11.0 Å². The van der Waals surface area contributed by atoms with Crippen molar-refractivity contribution >= 4 is 87.4 Å². The van der Waals surface area contributed by atoms with E-state index in [4.69, 9.17) is 10.2 Å². The molecule has 330 valence electrons. The minimum atomic E-state index is 0.869. The molecule has 5 nitrogen and oxygen atoms in total. The van der Waals surface area contributed by atoms with E-state index in [1.807, 2.05) is 35.6 Å². The highest BCUT2D eigenvalue weighted by atomic mass is 32.1. The highest BCUT2D eigenvalue weighted by molar-refractivity contribution is 7.26. The first-order valence-electron chi connectivity index (χ1n) is 23.6. The molecule has 6 heteroatoms. The van der Waals surface area contributed by atoms with Gasteiger partial charge in [-0.25, -0.2) is 0 Å². The largest absolute Gasteiger partial charge is 0.310 e. The van der Waals surface area contributed by atoms with Crippen LogP contribution in [0.5, 0.6) is 0 Å². The van der Waals surface area contributed by atoms with Gasteiger partial charge in [-0.3, -0.25) is 0 Å². The summed E-state index contributed by atoms with van der Waals surface area (Å²) in [4.78, 5) is 6.39. The van der Waals surface area contributed by atoms with Crippen molar-refractivity contribution in [3.05, 3.63) is 261 Å². The maximum atomic E-state index is 4.73. The third-order valence-corrected chi connectivity index (χ3v) is 14.4. The van der Waals surface area contributed by atoms with E-state index in [-0.39, 0.29) is 0 Å². The summed E-state index contributed by atoms with van der Waals surface area (Å²) >= 11 is 1.89. The standard InChI is InChI=1S/C64H43N5S/c1-6-19-44(20-7-1)61-55-40-38-54(67(48-24-10-3-11-25-48)49-26-12-4-13-27-49)43-57(55)62(45-21-8-2-9-22-45)64-63(61)56-39-33-47(42-60(56)70-64)46-23-18-30-53(41-46)68(50-28-14-5-15-29-50)51-34-36-52(37-35-51)69-65-58-31-16-17-32-59(58)66-69/h1-43H. The molecule has 2 aromatic heterocycles. The van der Waals surface area contributed by atoms with Gasteiger partial charge in [0.25, 0.3) is 0 Å². The zero-order chi connectivity index (χ0) is 46.4. The number of fused-ring (bicyclic) bond motifs is 5. The van der Waals surface area contributed by atoms with Gasteiger partial charge in [0.15, 0.2) is 0 Å². The summed E-state index contributed by atoms with van der Waals surface area (Å²) in [5, 5.41) is 14.4. The second-order valence-corrected chi connectivity index (χ2v) is 18.5. The first-order valence-corrected chi connectivity index (χ1v) is 24.4. The van der Waals surface area contributed by atoms with Gasteiger partial charge >= 0.3 is 0 Å². The van der Waals surface area contributed by atoms with Gasteiger partial charge in [0.2, 0.25) is 0 Å². The van der Waals surface area contributed by atoms with Crippen LogP contribution in [-0.4, -0.2) is 15.0 Å². The summed E-state index contributed by atoms with van der Waals surface area (Å²) < 4.78 is 2.52. The van der Waals surface area contributed by atoms with Crippen molar-refractivity contribution in [3.63, 3.8) is 0 Å². The van der Waals surface area contributed by atoms with Gasteiger partial charge in [0, 0.05) is 59.9 Å². The number of nitrogens with zero attached hydrogens (tertiary/aromatic N) is 5. The highest BCUT2D eigenvalue weighted by Gasteiger charge is 2.23. The van der Waals surface area contributed by atoms with Gasteiger partial charge in [-0.2, -0.15) is 4.80 Å². The van der Waals surface area contributed by atoms with Gasteiger partial charge in [0.05, 0.1) is 5.69 Å². The van der Waals surface area contributed by atoms with Crippen LogP contribution in [-0.2, 0) is 0 Å². The molecule has 0 saturated carbocycles. The molecule has 0 bridgehead atoms. The van der Waals surface area contributed by atoms with Crippen LogP contribution in [0.3, 0.4) is 0 Å². The number of anilines is 6. The van der Waals surface area contributed by atoms with E-state index in [2.05, 4.69) is 246 Å². The lowest BCUT2D eigenvalue weighted by Gasteiger charge is -2.26. The molecule has 11 aromatic carbocycles. The smallest absolute Gasteiger partial charge is 0.113 e. The molecule has 13 aromatic rings. The van der Waals surface area contributed by atoms with Crippen molar-refractivity contribution in [3.8, 4) is 39.1 Å². The zero-order valence-electron chi connectivity index (χ0n) is 38.0. The summed E-state index contributed by atoms with van der Waals surface area (Å²) in [7, 11) is 0. The minimum absolute atomic E-state index is 0.869. The number of para-hydroxylation sites is 3. The Balaban J connectivity index is 0.976. The zero-order valence-corrected chi connectivity index (χ0v) is 38.8. The van der Waals surface area contributed by atoms with Crippen LogP contribution in [0.1, 0.15) is 0 Å². The number of benzene rings is 11. The van der Waals surface area contributed by atoms with Crippen molar-refractivity contribution in [1.29, 1.82) is 0 Å². The van der Waals surface area contributed by atoms with Crippen LogP contribution in [0.25, 0.3) is 81.0 Å². The summed E-state index contributed by atoms with van der Waals surface area (Å²) in [6, 6.07) is 93.2. The van der Waals surface area contributed by atoms with Crippen LogP contribution in [0.2, 0.25) is 0 Å². The Kier molecular flexibility index (Phi) is 10.3. The first-order chi connectivity index (χ1) is 34.7. The fourth-order valence-electron chi connectivity index (χ4n) is 10.0. The molecule has 70 heavy (non-hydrogen) atoms. The molecule has 0 radical (unpaired) electrons. The van der Waals surface area contributed by atoms with E-state index < -0.39 is 0 Å². The highest BCUT2D eigenvalue weighted by Crippen LogP contribution is 2.52. The second-order valence-electron chi connectivity index (χ2n) is 17.5. The molecule has 0 amide bonds.